The van der Waals surface area contributed by atoms with Crippen LogP contribution in [0.3, 0.4) is 0 Å². The lowest BCUT2D eigenvalue weighted by molar-refractivity contribution is -0.123. The summed E-state index contributed by atoms with van der Waals surface area (Å²) in [6.45, 7) is 9.28. The highest BCUT2D eigenvalue weighted by Gasteiger charge is 2.28. The monoisotopic (exact) mass is 440 g/mol. The van der Waals surface area contributed by atoms with Crippen LogP contribution in [-0.4, -0.2) is 71.6 Å². The minimum Gasteiger partial charge on any atom is -0.492 e. The van der Waals surface area contributed by atoms with Crippen molar-refractivity contribution in [3.63, 3.8) is 0 Å². The van der Waals surface area contributed by atoms with Crippen molar-refractivity contribution in [1.29, 1.82) is 0 Å². The van der Waals surface area contributed by atoms with Crippen LogP contribution in [0.15, 0.2) is 18.3 Å². The lowest BCUT2D eigenvalue weighted by Crippen LogP contribution is -2.50. The summed E-state index contributed by atoms with van der Waals surface area (Å²) in [4.78, 5) is 31.0. The van der Waals surface area contributed by atoms with E-state index in [1.165, 1.54) is 0 Å². The Hall–Kier alpha value is -2.74. The summed E-state index contributed by atoms with van der Waals surface area (Å²) in [7, 11) is 5.95. The van der Waals surface area contributed by atoms with Gasteiger partial charge in [0.2, 0.25) is 5.91 Å². The number of aromatic nitrogens is 3. The van der Waals surface area contributed by atoms with Gasteiger partial charge in [0.15, 0.2) is 5.82 Å². The predicted octanol–water partition coefficient (Wildman–Crippen LogP) is 2.71. The molecule has 0 spiro atoms. The molecule has 32 heavy (non-hydrogen) atoms. The molecule has 0 radical (unpaired) electrons. The average molecular weight is 441 g/mol. The number of carbonyl (C=O) groups is 1. The smallest absolute Gasteiger partial charge is 0.242 e. The molecule has 1 amide bonds. The van der Waals surface area contributed by atoms with Gasteiger partial charge in [-0.25, -0.2) is 9.97 Å². The molecule has 8 heteroatoms. The lowest BCUT2D eigenvalue weighted by Gasteiger charge is -2.30. The number of nitrogens with zero attached hydrogens (tertiary/aromatic N) is 5. The van der Waals surface area contributed by atoms with Crippen LogP contribution in [0.5, 0.6) is 5.75 Å². The molecular formula is C24H36N6O2. The summed E-state index contributed by atoms with van der Waals surface area (Å²) in [5.74, 6) is 2.09. The molecule has 1 aliphatic rings. The summed E-state index contributed by atoms with van der Waals surface area (Å²) in [5, 5.41) is 3.06. The number of aryl methyl sites for hydroxylation is 1. The Labute approximate surface area is 191 Å². The Kier molecular flexibility index (Phi) is 7.33. The quantitative estimate of drug-likeness (QED) is 0.676. The first-order valence-electron chi connectivity index (χ1n) is 11.2. The zero-order valence-electron chi connectivity index (χ0n) is 20.4. The highest BCUT2D eigenvalue weighted by Crippen LogP contribution is 2.32. The van der Waals surface area contributed by atoms with Gasteiger partial charge in [-0.1, -0.05) is 0 Å². The van der Waals surface area contributed by atoms with Crippen molar-refractivity contribution in [1.82, 2.24) is 25.2 Å². The van der Waals surface area contributed by atoms with E-state index in [2.05, 4.69) is 15.2 Å². The fourth-order valence-electron chi connectivity index (χ4n) is 3.62. The number of nitrogens with one attached hydrogen (secondary N) is 1. The van der Waals surface area contributed by atoms with E-state index in [0.717, 1.165) is 48.6 Å². The summed E-state index contributed by atoms with van der Waals surface area (Å²) >= 11 is 0. The standard InChI is InChI=1S/C24H36N6O2/c1-16(23(31)28-24(2,3)4)30(7)22-18-9-8-10-19(18)26-21(27-22)20-15-17(11-12-25-20)32-14-13-29(5)6/h11-12,15-16H,8-10,13-14H2,1-7H3,(H,28,31). The second-order valence-electron chi connectivity index (χ2n) is 9.70. The van der Waals surface area contributed by atoms with Crippen molar-refractivity contribution in [2.75, 3.05) is 39.2 Å². The lowest BCUT2D eigenvalue weighted by atomic mass is 10.1. The number of amides is 1. The average Bonchev–Trinajstić information content (AvgIpc) is 3.19. The van der Waals surface area contributed by atoms with Gasteiger partial charge in [0, 0.05) is 42.7 Å². The molecule has 1 N–H and O–H groups in total. The highest BCUT2D eigenvalue weighted by molar-refractivity contribution is 5.85. The number of carbonyl (C=O) groups excluding carboxylic acids is 1. The van der Waals surface area contributed by atoms with E-state index in [9.17, 15) is 4.79 Å². The van der Waals surface area contributed by atoms with E-state index in [1.807, 2.05) is 65.9 Å². The van der Waals surface area contributed by atoms with Crippen molar-refractivity contribution >= 4 is 11.7 Å². The molecule has 2 aromatic heterocycles. The first-order valence-corrected chi connectivity index (χ1v) is 11.2. The maximum atomic E-state index is 12.8. The minimum absolute atomic E-state index is 0.0266. The molecule has 1 unspecified atom stereocenters. The molecular weight excluding hydrogens is 404 g/mol. The van der Waals surface area contributed by atoms with Gasteiger partial charge in [-0.3, -0.25) is 9.78 Å². The number of hydrogen-bond acceptors (Lipinski definition) is 7. The molecule has 2 heterocycles. The van der Waals surface area contributed by atoms with Crippen LogP contribution in [0, 0.1) is 0 Å². The zero-order valence-corrected chi connectivity index (χ0v) is 20.4. The zero-order chi connectivity index (χ0) is 23.5. The van der Waals surface area contributed by atoms with Gasteiger partial charge in [-0.15, -0.1) is 0 Å². The first kappa shape index (κ1) is 23.9. The van der Waals surface area contributed by atoms with Crippen LogP contribution in [0.25, 0.3) is 11.5 Å². The van der Waals surface area contributed by atoms with Gasteiger partial charge >= 0.3 is 0 Å². The van der Waals surface area contributed by atoms with Gasteiger partial charge < -0.3 is 19.9 Å². The van der Waals surface area contributed by atoms with E-state index < -0.39 is 0 Å². The number of likely N-dealkylation sites (N-methyl/N-ethyl adjacent to an activating group) is 2. The van der Waals surface area contributed by atoms with Crippen LogP contribution in [-0.2, 0) is 17.6 Å². The molecule has 1 aliphatic carbocycles. The second kappa shape index (κ2) is 9.81. The molecule has 3 rings (SSSR count). The van der Waals surface area contributed by atoms with Crippen LogP contribution in [0.4, 0.5) is 5.82 Å². The number of rotatable bonds is 8. The Morgan fingerprint density at radius 3 is 2.66 bits per heavy atom. The van der Waals surface area contributed by atoms with Gasteiger partial charge in [-0.05, 0) is 67.1 Å². The Bertz CT molecular complexity index is 954. The number of pyridine rings is 1. The van der Waals surface area contributed by atoms with Crippen LogP contribution in [0.1, 0.15) is 45.4 Å². The van der Waals surface area contributed by atoms with Crippen LogP contribution < -0.4 is 15.0 Å². The molecule has 0 saturated heterocycles. The predicted molar refractivity (Wildman–Crippen MR) is 127 cm³/mol. The van der Waals surface area contributed by atoms with Crippen LogP contribution >= 0.6 is 0 Å². The number of fused-ring (bicyclic) bond motifs is 1. The van der Waals surface area contributed by atoms with Gasteiger partial charge in [-0.2, -0.15) is 0 Å². The Morgan fingerprint density at radius 2 is 1.97 bits per heavy atom. The summed E-state index contributed by atoms with van der Waals surface area (Å²) in [6.07, 6.45) is 4.59. The van der Waals surface area contributed by atoms with E-state index in [0.29, 0.717) is 18.1 Å². The number of anilines is 1. The molecule has 0 aliphatic heterocycles. The van der Waals surface area contributed by atoms with Crippen molar-refractivity contribution in [3.8, 4) is 17.3 Å². The summed E-state index contributed by atoms with van der Waals surface area (Å²) in [5.41, 5.74) is 2.55. The van der Waals surface area contributed by atoms with Crippen molar-refractivity contribution in [3.05, 3.63) is 29.6 Å². The Morgan fingerprint density at radius 1 is 1.22 bits per heavy atom. The fraction of sp³-hybridized carbons (Fsp3) is 0.583. The molecule has 174 valence electrons. The van der Waals surface area contributed by atoms with Gasteiger partial charge in [0.1, 0.15) is 29.9 Å². The first-order chi connectivity index (χ1) is 15.0. The van der Waals surface area contributed by atoms with E-state index in [4.69, 9.17) is 14.7 Å². The van der Waals surface area contributed by atoms with E-state index >= 15 is 0 Å². The molecule has 0 bridgehead atoms. The highest BCUT2D eigenvalue weighted by atomic mass is 16.5. The third-order valence-electron chi connectivity index (χ3n) is 5.47. The van der Waals surface area contributed by atoms with Crippen molar-refractivity contribution in [2.24, 2.45) is 0 Å². The van der Waals surface area contributed by atoms with Crippen LogP contribution in [0.2, 0.25) is 0 Å². The summed E-state index contributed by atoms with van der Waals surface area (Å²) < 4.78 is 5.86. The van der Waals surface area contributed by atoms with Crippen molar-refractivity contribution in [2.45, 2.75) is 58.5 Å². The molecule has 0 saturated carbocycles. The van der Waals surface area contributed by atoms with Gasteiger partial charge in [0.05, 0.1) is 0 Å². The fourth-order valence-corrected chi connectivity index (χ4v) is 3.62. The molecule has 8 nitrogen and oxygen atoms in total. The maximum Gasteiger partial charge on any atom is 0.242 e. The second-order valence-corrected chi connectivity index (χ2v) is 9.70. The largest absolute Gasteiger partial charge is 0.492 e. The van der Waals surface area contributed by atoms with Crippen molar-refractivity contribution < 1.29 is 9.53 Å². The Balaban J connectivity index is 1.89. The minimum atomic E-state index is -0.365. The van der Waals surface area contributed by atoms with E-state index in [-0.39, 0.29) is 17.5 Å². The van der Waals surface area contributed by atoms with E-state index in [1.54, 1.807) is 6.20 Å². The number of ether oxygens (including phenoxy) is 1. The number of hydrogen-bond donors (Lipinski definition) is 1. The molecule has 0 fully saturated rings. The SMILES string of the molecule is CC(C(=O)NC(C)(C)C)N(C)c1nc(-c2cc(OCCN(C)C)ccn2)nc2c1CCC2. The van der Waals surface area contributed by atoms with Gasteiger partial charge in [0.25, 0.3) is 0 Å². The third kappa shape index (κ3) is 5.94. The molecule has 2 aromatic rings. The molecule has 0 aromatic carbocycles. The molecule has 1 atom stereocenters. The third-order valence-corrected chi connectivity index (χ3v) is 5.47. The summed E-state index contributed by atoms with van der Waals surface area (Å²) in [6, 6.07) is 3.36. The maximum absolute atomic E-state index is 12.8. The topological polar surface area (TPSA) is 83.5 Å². The normalized spacial score (nSPS) is 14.2.